The zero-order chi connectivity index (χ0) is 17.6. The summed E-state index contributed by atoms with van der Waals surface area (Å²) < 4.78 is 5.98. The molecule has 2 aliphatic carbocycles. The smallest absolute Gasteiger partial charge is 0.314 e. The molecule has 2 rings (SSSR count). The van der Waals surface area contributed by atoms with Crippen LogP contribution in [0.3, 0.4) is 0 Å². The molecule has 0 saturated heterocycles. The molecule has 0 aromatic heterocycles. The molecule has 4 nitrogen and oxygen atoms in total. The molecular weight excluding hydrogens is 304 g/mol. The number of carboxylic acids is 1. The Bertz CT molecular complexity index is 514. The Labute approximate surface area is 145 Å². The van der Waals surface area contributed by atoms with Gasteiger partial charge in [-0.05, 0) is 25.3 Å². The molecule has 24 heavy (non-hydrogen) atoms. The summed E-state index contributed by atoms with van der Waals surface area (Å²) in [4.78, 5) is 24.4. The van der Waals surface area contributed by atoms with Crippen LogP contribution in [0.15, 0.2) is 24.3 Å². The van der Waals surface area contributed by atoms with Crippen LogP contribution in [0.25, 0.3) is 0 Å². The monoisotopic (exact) mass is 334 g/mol. The molecule has 134 valence electrons. The summed E-state index contributed by atoms with van der Waals surface area (Å²) in [5, 5.41) is 9.77. The van der Waals surface area contributed by atoms with Crippen molar-refractivity contribution in [1.82, 2.24) is 0 Å². The van der Waals surface area contributed by atoms with E-state index in [4.69, 9.17) is 4.74 Å². The topological polar surface area (TPSA) is 63.6 Å². The van der Waals surface area contributed by atoms with Crippen molar-refractivity contribution >= 4 is 11.9 Å². The quantitative estimate of drug-likeness (QED) is 0.544. The lowest BCUT2D eigenvalue weighted by atomic mass is 9.59. The molecule has 2 unspecified atom stereocenters. The Balaban J connectivity index is 2.30. The number of rotatable bonds is 7. The minimum Gasteiger partial charge on any atom is -0.481 e. The van der Waals surface area contributed by atoms with Crippen molar-refractivity contribution in [2.45, 2.75) is 77.2 Å². The Morgan fingerprint density at radius 2 is 1.88 bits per heavy atom. The van der Waals surface area contributed by atoms with Gasteiger partial charge in [0.05, 0.1) is 0 Å². The van der Waals surface area contributed by atoms with E-state index in [1.165, 1.54) is 0 Å². The van der Waals surface area contributed by atoms with Crippen molar-refractivity contribution in [2.24, 2.45) is 11.3 Å². The van der Waals surface area contributed by atoms with Crippen LogP contribution in [-0.4, -0.2) is 22.6 Å². The van der Waals surface area contributed by atoms with Crippen molar-refractivity contribution in [3.63, 3.8) is 0 Å². The van der Waals surface area contributed by atoms with Gasteiger partial charge in [-0.2, -0.15) is 0 Å². The van der Waals surface area contributed by atoms with Crippen molar-refractivity contribution in [2.75, 3.05) is 0 Å². The number of esters is 1. The van der Waals surface area contributed by atoms with E-state index in [0.717, 1.165) is 51.4 Å². The third kappa shape index (κ3) is 3.73. The van der Waals surface area contributed by atoms with Gasteiger partial charge in [-0.3, -0.25) is 9.59 Å². The Hall–Kier alpha value is -1.58. The van der Waals surface area contributed by atoms with E-state index >= 15 is 0 Å². The van der Waals surface area contributed by atoms with E-state index in [2.05, 4.69) is 13.8 Å². The minimum atomic E-state index is -1.07. The maximum atomic E-state index is 12.5. The number of carbonyl (C=O) groups excluding carboxylic acids is 1. The highest BCUT2D eigenvalue weighted by Gasteiger charge is 2.56. The number of hydrogen-bond donors (Lipinski definition) is 1. The van der Waals surface area contributed by atoms with Gasteiger partial charge in [0, 0.05) is 11.8 Å². The van der Waals surface area contributed by atoms with E-state index < -0.39 is 17.5 Å². The molecule has 2 atom stereocenters. The number of carbonyl (C=O) groups is 2. The fraction of sp³-hybridized carbons (Fsp3) is 0.700. The normalized spacial score (nSPS) is 28.5. The van der Waals surface area contributed by atoms with Gasteiger partial charge in [0.1, 0.15) is 5.92 Å². The second-order valence-electron chi connectivity index (χ2n) is 7.41. The molecule has 0 aromatic rings. The highest BCUT2D eigenvalue weighted by atomic mass is 16.6. The van der Waals surface area contributed by atoms with Gasteiger partial charge in [0.25, 0.3) is 0 Å². The van der Waals surface area contributed by atoms with Crippen LogP contribution in [-0.2, 0) is 14.3 Å². The van der Waals surface area contributed by atoms with Crippen LogP contribution in [0.1, 0.15) is 71.6 Å². The number of aliphatic carboxylic acids is 1. The van der Waals surface area contributed by atoms with Gasteiger partial charge in [0.2, 0.25) is 0 Å². The van der Waals surface area contributed by atoms with Crippen molar-refractivity contribution < 1.29 is 19.4 Å². The van der Waals surface area contributed by atoms with Crippen LogP contribution in [0.4, 0.5) is 0 Å². The summed E-state index contributed by atoms with van der Waals surface area (Å²) in [6.45, 7) is 4.18. The van der Waals surface area contributed by atoms with Gasteiger partial charge in [-0.15, -0.1) is 0 Å². The Kier molecular flexibility index (Phi) is 6.25. The average Bonchev–Trinajstić information content (AvgIpc) is 2.56. The lowest BCUT2D eigenvalue weighted by Gasteiger charge is -2.51. The van der Waals surface area contributed by atoms with E-state index in [1.807, 2.05) is 12.2 Å². The maximum absolute atomic E-state index is 12.5. The van der Waals surface area contributed by atoms with E-state index in [0.29, 0.717) is 6.42 Å². The molecule has 0 amide bonds. The van der Waals surface area contributed by atoms with Crippen LogP contribution >= 0.6 is 0 Å². The summed E-state index contributed by atoms with van der Waals surface area (Å²) >= 11 is 0. The van der Waals surface area contributed by atoms with Crippen LogP contribution < -0.4 is 0 Å². The standard InChI is InChI=1S/C20H30O4/c1-3-4-6-12-17(21)24-20(19(2)13-8-5-9-14-19)15-10-7-11-16(20)18(22)23/h7,10-11,15-16H,3-6,8-9,12-14H2,1-2H3,(H,22,23). The molecule has 0 aromatic carbocycles. The summed E-state index contributed by atoms with van der Waals surface area (Å²) in [5.74, 6) is -2.02. The molecule has 0 aliphatic heterocycles. The first kappa shape index (κ1) is 18.8. The average molecular weight is 334 g/mol. The molecule has 1 fully saturated rings. The second-order valence-corrected chi connectivity index (χ2v) is 7.41. The zero-order valence-electron chi connectivity index (χ0n) is 14.9. The van der Waals surface area contributed by atoms with Gasteiger partial charge in [-0.25, -0.2) is 0 Å². The molecule has 0 bridgehead atoms. The molecule has 2 aliphatic rings. The lowest BCUT2D eigenvalue weighted by molar-refractivity contribution is -0.184. The summed E-state index contributed by atoms with van der Waals surface area (Å²) in [6, 6.07) is 0. The van der Waals surface area contributed by atoms with Crippen LogP contribution in [0.2, 0.25) is 0 Å². The number of unbranched alkanes of at least 4 members (excludes halogenated alkanes) is 2. The van der Waals surface area contributed by atoms with Crippen molar-refractivity contribution in [3.8, 4) is 0 Å². The number of ether oxygens (including phenoxy) is 1. The predicted octanol–water partition coefficient (Wildman–Crippen LogP) is 4.65. The molecule has 0 radical (unpaired) electrons. The van der Waals surface area contributed by atoms with Gasteiger partial charge in [-0.1, -0.05) is 64.2 Å². The first-order valence-electron chi connectivity index (χ1n) is 9.26. The predicted molar refractivity (Wildman–Crippen MR) is 93.6 cm³/mol. The van der Waals surface area contributed by atoms with Gasteiger partial charge < -0.3 is 9.84 Å². The molecular formula is C20H30O4. The summed E-state index contributed by atoms with van der Waals surface area (Å²) in [6.07, 6.45) is 15.3. The van der Waals surface area contributed by atoms with Gasteiger partial charge >= 0.3 is 11.9 Å². The summed E-state index contributed by atoms with van der Waals surface area (Å²) in [7, 11) is 0. The Morgan fingerprint density at radius 3 is 2.50 bits per heavy atom. The van der Waals surface area contributed by atoms with Gasteiger partial charge in [0.15, 0.2) is 5.60 Å². The largest absolute Gasteiger partial charge is 0.481 e. The molecule has 4 heteroatoms. The number of allylic oxidation sites excluding steroid dienone is 2. The highest BCUT2D eigenvalue weighted by molar-refractivity contribution is 5.77. The van der Waals surface area contributed by atoms with E-state index in [1.54, 1.807) is 12.2 Å². The Morgan fingerprint density at radius 1 is 1.17 bits per heavy atom. The van der Waals surface area contributed by atoms with Crippen molar-refractivity contribution in [1.29, 1.82) is 0 Å². The fourth-order valence-electron chi connectivity index (χ4n) is 4.17. The fourth-order valence-corrected chi connectivity index (χ4v) is 4.17. The second kappa shape index (κ2) is 8.00. The first-order valence-corrected chi connectivity index (χ1v) is 9.26. The molecule has 0 spiro atoms. The highest BCUT2D eigenvalue weighted by Crippen LogP contribution is 2.52. The number of hydrogen-bond acceptors (Lipinski definition) is 3. The third-order valence-electron chi connectivity index (χ3n) is 5.65. The molecule has 0 heterocycles. The van der Waals surface area contributed by atoms with E-state index in [9.17, 15) is 14.7 Å². The lowest BCUT2D eigenvalue weighted by Crippen LogP contribution is -2.56. The maximum Gasteiger partial charge on any atom is 0.314 e. The molecule has 1 saturated carbocycles. The van der Waals surface area contributed by atoms with Crippen LogP contribution in [0.5, 0.6) is 0 Å². The third-order valence-corrected chi connectivity index (χ3v) is 5.65. The van der Waals surface area contributed by atoms with Crippen LogP contribution in [0, 0.1) is 11.3 Å². The molecule has 1 N–H and O–H groups in total. The number of carboxylic acid groups (broad SMARTS) is 1. The first-order chi connectivity index (χ1) is 11.5. The minimum absolute atomic E-state index is 0.276. The summed E-state index contributed by atoms with van der Waals surface area (Å²) in [5.41, 5.74) is -1.41. The zero-order valence-corrected chi connectivity index (χ0v) is 14.9. The SMILES string of the molecule is CCCCCC(=O)OC1(C2(C)CCCCC2)C=CC=CC1C(=O)O. The van der Waals surface area contributed by atoms with E-state index in [-0.39, 0.29) is 11.4 Å². The van der Waals surface area contributed by atoms with Crippen molar-refractivity contribution in [3.05, 3.63) is 24.3 Å².